The maximum Gasteiger partial charge on any atom is 0.488 e. The van der Waals surface area contributed by atoms with Gasteiger partial charge in [0.05, 0.1) is 12.0 Å². The molecule has 1 aromatic carbocycles. The van der Waals surface area contributed by atoms with Crippen molar-refractivity contribution in [2.75, 3.05) is 6.61 Å². The van der Waals surface area contributed by atoms with Gasteiger partial charge in [-0.3, -0.25) is 0 Å². The molecule has 0 saturated heterocycles. The molecule has 0 aliphatic rings. The van der Waals surface area contributed by atoms with E-state index in [1.54, 1.807) is 6.92 Å². The maximum atomic E-state index is 11.5. The van der Waals surface area contributed by atoms with E-state index in [1.807, 2.05) is 0 Å². The molecular weight excluding hydrogens is 225 g/mol. The molecule has 2 rings (SSSR count). The molecular formula is C10H10BNO5. The van der Waals surface area contributed by atoms with Crippen LogP contribution in [0.1, 0.15) is 17.4 Å². The molecule has 1 heterocycles. The summed E-state index contributed by atoms with van der Waals surface area (Å²) in [6.45, 7) is 1.95. The first-order valence-electron chi connectivity index (χ1n) is 5.06. The van der Waals surface area contributed by atoms with Gasteiger partial charge in [0.2, 0.25) is 0 Å². The fraction of sp³-hybridized carbons (Fsp3) is 0.200. The molecule has 0 atom stereocenters. The SMILES string of the molecule is CCOC(=O)c1noc2cc(B(O)O)ccc12. The summed E-state index contributed by atoms with van der Waals surface area (Å²) in [6, 6.07) is 4.43. The van der Waals surface area contributed by atoms with Crippen LogP contribution in [0.15, 0.2) is 22.7 Å². The molecule has 1 aromatic heterocycles. The van der Waals surface area contributed by atoms with E-state index in [9.17, 15) is 4.79 Å². The molecule has 0 unspecified atom stereocenters. The van der Waals surface area contributed by atoms with Crippen molar-refractivity contribution >= 4 is 29.5 Å². The summed E-state index contributed by atoms with van der Waals surface area (Å²) in [7, 11) is -1.59. The highest BCUT2D eigenvalue weighted by molar-refractivity contribution is 6.58. The van der Waals surface area contributed by atoms with Gasteiger partial charge in [-0.05, 0) is 24.5 Å². The van der Waals surface area contributed by atoms with E-state index < -0.39 is 13.1 Å². The summed E-state index contributed by atoms with van der Waals surface area (Å²) in [4.78, 5) is 11.5. The second-order valence-electron chi connectivity index (χ2n) is 3.38. The van der Waals surface area contributed by atoms with Gasteiger partial charge in [0, 0.05) is 0 Å². The van der Waals surface area contributed by atoms with Crippen LogP contribution in [0.25, 0.3) is 11.0 Å². The molecule has 0 bridgehead atoms. The van der Waals surface area contributed by atoms with Crippen molar-refractivity contribution in [1.29, 1.82) is 0 Å². The lowest BCUT2D eigenvalue weighted by atomic mass is 9.80. The third kappa shape index (κ3) is 2.15. The van der Waals surface area contributed by atoms with Gasteiger partial charge in [0.25, 0.3) is 0 Å². The molecule has 6 nitrogen and oxygen atoms in total. The zero-order valence-electron chi connectivity index (χ0n) is 9.08. The first kappa shape index (κ1) is 11.6. The Balaban J connectivity index is 2.45. The first-order chi connectivity index (χ1) is 8.13. The largest absolute Gasteiger partial charge is 0.488 e. The van der Waals surface area contributed by atoms with Crippen LogP contribution in [0, 0.1) is 0 Å². The van der Waals surface area contributed by atoms with Crippen LogP contribution in [0.3, 0.4) is 0 Å². The Hall–Kier alpha value is -1.86. The summed E-state index contributed by atoms with van der Waals surface area (Å²) in [5, 5.41) is 22.1. The summed E-state index contributed by atoms with van der Waals surface area (Å²) in [5.74, 6) is -0.566. The van der Waals surface area contributed by atoms with Crippen molar-refractivity contribution in [3.63, 3.8) is 0 Å². The Bertz CT molecular complexity index is 551. The minimum atomic E-state index is -1.59. The number of ether oxygens (including phenoxy) is 1. The summed E-state index contributed by atoms with van der Waals surface area (Å²) in [6.07, 6.45) is 0. The first-order valence-corrected chi connectivity index (χ1v) is 5.06. The van der Waals surface area contributed by atoms with Gasteiger partial charge in [0.15, 0.2) is 11.3 Å². The van der Waals surface area contributed by atoms with Crippen molar-refractivity contribution in [2.45, 2.75) is 6.92 Å². The normalized spacial score (nSPS) is 10.5. The van der Waals surface area contributed by atoms with Gasteiger partial charge in [0.1, 0.15) is 0 Å². The monoisotopic (exact) mass is 235 g/mol. The molecule has 0 aliphatic heterocycles. The number of hydrogen-bond acceptors (Lipinski definition) is 6. The van der Waals surface area contributed by atoms with E-state index in [1.165, 1.54) is 18.2 Å². The van der Waals surface area contributed by atoms with Crippen molar-refractivity contribution in [1.82, 2.24) is 5.16 Å². The third-order valence-corrected chi connectivity index (χ3v) is 2.26. The maximum absolute atomic E-state index is 11.5. The van der Waals surface area contributed by atoms with Gasteiger partial charge in [-0.25, -0.2) is 4.79 Å². The predicted molar refractivity (Wildman–Crippen MR) is 59.8 cm³/mol. The van der Waals surface area contributed by atoms with Crippen LogP contribution < -0.4 is 5.46 Å². The van der Waals surface area contributed by atoms with Crippen molar-refractivity contribution in [2.24, 2.45) is 0 Å². The van der Waals surface area contributed by atoms with Crippen molar-refractivity contribution < 1.29 is 24.1 Å². The number of carbonyl (C=O) groups is 1. The Kier molecular flexibility index (Phi) is 3.12. The third-order valence-electron chi connectivity index (χ3n) is 2.26. The lowest BCUT2D eigenvalue weighted by Crippen LogP contribution is -2.29. The molecule has 0 spiro atoms. The average molecular weight is 235 g/mol. The Morgan fingerprint density at radius 3 is 2.94 bits per heavy atom. The number of aromatic nitrogens is 1. The number of hydrogen-bond donors (Lipinski definition) is 2. The van der Waals surface area contributed by atoms with E-state index in [2.05, 4.69) is 5.16 Å². The van der Waals surface area contributed by atoms with Crippen LogP contribution in [-0.2, 0) is 4.74 Å². The second-order valence-corrected chi connectivity index (χ2v) is 3.38. The van der Waals surface area contributed by atoms with Gasteiger partial charge >= 0.3 is 13.1 Å². The molecule has 0 aliphatic carbocycles. The lowest BCUT2D eigenvalue weighted by Gasteiger charge is -1.99. The van der Waals surface area contributed by atoms with Crippen LogP contribution >= 0.6 is 0 Å². The topological polar surface area (TPSA) is 92.8 Å². The Morgan fingerprint density at radius 1 is 1.53 bits per heavy atom. The molecule has 0 saturated carbocycles. The minimum absolute atomic E-state index is 0.0841. The van der Waals surface area contributed by atoms with Crippen LogP contribution in [0.4, 0.5) is 0 Å². The number of benzene rings is 1. The van der Waals surface area contributed by atoms with E-state index in [-0.39, 0.29) is 17.8 Å². The van der Waals surface area contributed by atoms with Gasteiger partial charge in [-0.15, -0.1) is 0 Å². The summed E-state index contributed by atoms with van der Waals surface area (Å²) < 4.78 is 9.75. The van der Waals surface area contributed by atoms with E-state index in [0.29, 0.717) is 11.0 Å². The molecule has 88 valence electrons. The molecule has 0 radical (unpaired) electrons. The Morgan fingerprint density at radius 2 is 2.29 bits per heavy atom. The molecule has 0 amide bonds. The molecule has 7 heteroatoms. The highest BCUT2D eigenvalue weighted by Gasteiger charge is 2.19. The van der Waals surface area contributed by atoms with E-state index in [0.717, 1.165) is 0 Å². The molecule has 2 aromatic rings. The van der Waals surface area contributed by atoms with Gasteiger partial charge in [-0.1, -0.05) is 11.2 Å². The van der Waals surface area contributed by atoms with Crippen LogP contribution in [0.2, 0.25) is 0 Å². The number of nitrogens with zero attached hydrogens (tertiary/aromatic N) is 1. The van der Waals surface area contributed by atoms with Crippen molar-refractivity contribution in [3.8, 4) is 0 Å². The fourth-order valence-electron chi connectivity index (χ4n) is 1.46. The summed E-state index contributed by atoms with van der Waals surface area (Å²) >= 11 is 0. The predicted octanol–water partition coefficient (Wildman–Crippen LogP) is -0.316. The van der Waals surface area contributed by atoms with E-state index in [4.69, 9.17) is 19.3 Å². The number of fused-ring (bicyclic) bond motifs is 1. The Labute approximate surface area is 96.9 Å². The number of rotatable bonds is 3. The molecule has 0 fully saturated rings. The number of carbonyl (C=O) groups excluding carboxylic acids is 1. The zero-order valence-corrected chi connectivity index (χ0v) is 9.08. The fourth-order valence-corrected chi connectivity index (χ4v) is 1.46. The lowest BCUT2D eigenvalue weighted by molar-refractivity contribution is 0.0517. The van der Waals surface area contributed by atoms with Crippen molar-refractivity contribution in [3.05, 3.63) is 23.9 Å². The molecule has 2 N–H and O–H groups in total. The smallest absolute Gasteiger partial charge is 0.461 e. The number of esters is 1. The standard InChI is InChI=1S/C10H10BNO5/c1-2-16-10(13)9-7-4-3-6(11(14)15)5-8(7)17-12-9/h3-5,14-15H,2H2,1H3. The minimum Gasteiger partial charge on any atom is -0.461 e. The van der Waals surface area contributed by atoms with Gasteiger partial charge < -0.3 is 19.3 Å². The average Bonchev–Trinajstić information content (AvgIpc) is 2.71. The summed E-state index contributed by atoms with van der Waals surface area (Å²) in [5.41, 5.74) is 0.656. The van der Waals surface area contributed by atoms with Crippen LogP contribution in [0.5, 0.6) is 0 Å². The van der Waals surface area contributed by atoms with E-state index >= 15 is 0 Å². The van der Waals surface area contributed by atoms with Gasteiger partial charge in [-0.2, -0.15) is 0 Å². The zero-order chi connectivity index (χ0) is 12.4. The highest BCUT2D eigenvalue weighted by Crippen LogP contribution is 2.17. The van der Waals surface area contributed by atoms with Crippen LogP contribution in [-0.4, -0.2) is 34.9 Å². The second kappa shape index (κ2) is 4.56. The molecule has 17 heavy (non-hydrogen) atoms. The highest BCUT2D eigenvalue weighted by atomic mass is 16.5. The quantitative estimate of drug-likeness (QED) is 0.559.